The van der Waals surface area contributed by atoms with Crippen LogP contribution in [0, 0.1) is 0 Å². The van der Waals surface area contributed by atoms with Crippen molar-refractivity contribution in [2.24, 2.45) is 12.8 Å². The number of nitrogens with zero attached hydrogens (tertiary/aromatic N) is 2. The fourth-order valence-electron chi connectivity index (χ4n) is 1.69. The summed E-state index contributed by atoms with van der Waals surface area (Å²) in [7, 11) is -1.69. The highest BCUT2D eigenvalue weighted by Crippen LogP contribution is 2.31. The van der Waals surface area contributed by atoms with Gasteiger partial charge in [-0.2, -0.15) is 5.10 Å². The second-order valence-corrected chi connectivity index (χ2v) is 8.41. The average molecular weight is 379 g/mol. The zero-order valence-electron chi connectivity index (χ0n) is 10.8. The van der Waals surface area contributed by atoms with Gasteiger partial charge in [-0.05, 0) is 34.0 Å². The van der Waals surface area contributed by atoms with Crippen LogP contribution in [0.1, 0.15) is 10.4 Å². The van der Waals surface area contributed by atoms with E-state index in [1.165, 1.54) is 11.3 Å². The summed E-state index contributed by atoms with van der Waals surface area (Å²) in [5.41, 5.74) is 6.51. The molecule has 3 N–H and O–H groups in total. The molecule has 110 valence electrons. The number of nitrogens with one attached hydrogen (secondary N) is 1. The summed E-state index contributed by atoms with van der Waals surface area (Å²) in [4.78, 5) is 1.07. The lowest BCUT2D eigenvalue weighted by molar-refractivity contribution is 0.581. The molecule has 0 atom stereocenters. The molecule has 0 bridgehead atoms. The molecule has 20 heavy (non-hydrogen) atoms. The summed E-state index contributed by atoms with van der Waals surface area (Å²) in [6, 6.07) is 1.60. The highest BCUT2D eigenvalue weighted by Gasteiger charge is 2.20. The van der Waals surface area contributed by atoms with Gasteiger partial charge in [0.05, 0.1) is 9.98 Å². The van der Waals surface area contributed by atoms with Crippen molar-refractivity contribution in [1.82, 2.24) is 14.5 Å². The molecule has 0 amide bonds. The molecule has 2 aromatic heterocycles. The van der Waals surface area contributed by atoms with Crippen LogP contribution in [0.4, 0.5) is 0 Å². The number of halogens is 1. The van der Waals surface area contributed by atoms with Gasteiger partial charge in [-0.1, -0.05) is 0 Å². The highest BCUT2D eigenvalue weighted by atomic mass is 79.9. The molecule has 2 heterocycles. The lowest BCUT2D eigenvalue weighted by Gasteiger charge is -2.04. The second-order valence-electron chi connectivity index (χ2n) is 4.22. The second kappa shape index (κ2) is 6.35. The van der Waals surface area contributed by atoms with Gasteiger partial charge in [0.25, 0.3) is 0 Å². The van der Waals surface area contributed by atoms with E-state index in [1.807, 2.05) is 13.2 Å². The lowest BCUT2D eigenvalue weighted by Crippen LogP contribution is -2.25. The Labute approximate surface area is 130 Å². The van der Waals surface area contributed by atoms with Crippen LogP contribution in [0.5, 0.6) is 0 Å². The number of aromatic nitrogens is 2. The number of sulfonamides is 1. The molecule has 0 aliphatic carbocycles. The Kier molecular flexibility index (Phi) is 4.97. The predicted molar refractivity (Wildman–Crippen MR) is 82.0 cm³/mol. The number of hydrogen-bond donors (Lipinski definition) is 2. The molecule has 0 aliphatic heterocycles. The molecule has 0 saturated carbocycles. The summed E-state index contributed by atoms with van der Waals surface area (Å²) < 4.78 is 29.2. The molecule has 0 spiro atoms. The van der Waals surface area contributed by atoms with Crippen molar-refractivity contribution in [3.05, 3.63) is 32.7 Å². The normalized spacial score (nSPS) is 11.9. The van der Waals surface area contributed by atoms with E-state index in [4.69, 9.17) is 5.73 Å². The lowest BCUT2D eigenvalue weighted by atomic mass is 10.3. The van der Waals surface area contributed by atoms with E-state index in [0.29, 0.717) is 23.3 Å². The van der Waals surface area contributed by atoms with Gasteiger partial charge >= 0.3 is 0 Å². The molecule has 2 rings (SSSR count). The molecular weight excluding hydrogens is 364 g/mol. The predicted octanol–water partition coefficient (Wildman–Crippen LogP) is 1.22. The summed E-state index contributed by atoms with van der Waals surface area (Å²) >= 11 is 4.60. The van der Waals surface area contributed by atoms with Crippen LogP contribution in [0.15, 0.2) is 27.1 Å². The number of aryl methyl sites for hydroxylation is 1. The van der Waals surface area contributed by atoms with E-state index in [-0.39, 0.29) is 4.90 Å². The fourth-order valence-corrected chi connectivity index (χ4v) is 5.28. The largest absolute Gasteiger partial charge is 0.326 e. The Balaban J connectivity index is 2.01. The molecule has 0 radical (unpaired) electrons. The van der Waals surface area contributed by atoms with Crippen molar-refractivity contribution < 1.29 is 8.42 Å². The van der Waals surface area contributed by atoms with Crippen molar-refractivity contribution in [1.29, 1.82) is 0 Å². The first-order valence-corrected chi connectivity index (χ1v) is 8.97. The van der Waals surface area contributed by atoms with Crippen LogP contribution in [0.25, 0.3) is 0 Å². The number of rotatable bonds is 6. The molecule has 0 fully saturated rings. The number of hydrogen-bond acceptors (Lipinski definition) is 5. The first-order valence-electron chi connectivity index (χ1n) is 5.88. The van der Waals surface area contributed by atoms with Gasteiger partial charge in [-0.15, -0.1) is 11.3 Å². The zero-order valence-corrected chi connectivity index (χ0v) is 14.1. The molecule has 6 nitrogen and oxygen atoms in total. The molecule has 0 saturated heterocycles. The quantitative estimate of drug-likeness (QED) is 0.790. The van der Waals surface area contributed by atoms with Crippen LogP contribution in [0.3, 0.4) is 0 Å². The summed E-state index contributed by atoms with van der Waals surface area (Å²) in [6.45, 7) is 0.655. The van der Waals surface area contributed by atoms with Gasteiger partial charge in [0, 0.05) is 31.2 Å². The van der Waals surface area contributed by atoms with E-state index in [1.54, 1.807) is 16.9 Å². The minimum atomic E-state index is -3.51. The first kappa shape index (κ1) is 15.6. The van der Waals surface area contributed by atoms with Crippen LogP contribution in [-0.4, -0.2) is 24.7 Å². The summed E-state index contributed by atoms with van der Waals surface area (Å²) in [5, 5.41) is 4.04. The minimum absolute atomic E-state index is 0.245. The van der Waals surface area contributed by atoms with Crippen LogP contribution in [-0.2, 0) is 30.0 Å². The zero-order chi connectivity index (χ0) is 14.8. The summed E-state index contributed by atoms with van der Waals surface area (Å²) in [6.07, 6.45) is 4.18. The van der Waals surface area contributed by atoms with Crippen LogP contribution < -0.4 is 10.5 Å². The maximum Gasteiger partial charge on any atom is 0.242 e. The third-order valence-corrected chi connectivity index (χ3v) is 6.40. The van der Waals surface area contributed by atoms with Gasteiger partial charge in [-0.25, -0.2) is 13.1 Å². The SMILES string of the molecule is Cn1cc(CCNS(=O)(=O)c2cc(CN)sc2Br)cn1. The molecule has 0 unspecified atom stereocenters. The third kappa shape index (κ3) is 3.67. The topological polar surface area (TPSA) is 90.0 Å². The monoisotopic (exact) mass is 378 g/mol. The highest BCUT2D eigenvalue weighted by molar-refractivity contribution is 9.11. The summed E-state index contributed by atoms with van der Waals surface area (Å²) in [5.74, 6) is 0. The average Bonchev–Trinajstić information content (AvgIpc) is 2.95. The minimum Gasteiger partial charge on any atom is -0.326 e. The van der Waals surface area contributed by atoms with Crippen molar-refractivity contribution in [3.63, 3.8) is 0 Å². The Morgan fingerprint density at radius 1 is 1.55 bits per heavy atom. The maximum absolute atomic E-state index is 12.2. The number of nitrogens with two attached hydrogens (primary N) is 1. The van der Waals surface area contributed by atoms with Gasteiger partial charge < -0.3 is 5.73 Å². The Bertz CT molecular complexity index is 693. The molecular formula is C11H15BrN4O2S2. The fraction of sp³-hybridized carbons (Fsp3) is 0.364. The molecule has 9 heteroatoms. The van der Waals surface area contributed by atoms with Gasteiger partial charge in [0.1, 0.15) is 4.90 Å². The molecule has 0 aliphatic rings. The van der Waals surface area contributed by atoms with Gasteiger partial charge in [0.15, 0.2) is 0 Å². The number of thiophene rings is 1. The first-order chi connectivity index (χ1) is 9.42. The van der Waals surface area contributed by atoms with E-state index >= 15 is 0 Å². The molecule has 2 aromatic rings. The third-order valence-electron chi connectivity index (χ3n) is 2.66. The maximum atomic E-state index is 12.2. The van der Waals surface area contributed by atoms with Crippen molar-refractivity contribution in [2.45, 2.75) is 17.9 Å². The van der Waals surface area contributed by atoms with E-state index in [2.05, 4.69) is 25.8 Å². The standard InChI is InChI=1S/C11H15BrN4O2S2/c1-16-7-8(6-14-16)2-3-15-20(17,18)10-4-9(5-13)19-11(10)12/h4,6-7,15H,2-3,5,13H2,1H3. The van der Waals surface area contributed by atoms with Crippen molar-refractivity contribution in [2.75, 3.05) is 6.54 Å². The van der Waals surface area contributed by atoms with E-state index in [0.717, 1.165) is 10.4 Å². The van der Waals surface area contributed by atoms with Crippen LogP contribution >= 0.6 is 27.3 Å². The van der Waals surface area contributed by atoms with Crippen molar-refractivity contribution in [3.8, 4) is 0 Å². The van der Waals surface area contributed by atoms with E-state index < -0.39 is 10.0 Å². The Morgan fingerprint density at radius 3 is 2.85 bits per heavy atom. The Hall–Kier alpha value is -0.740. The van der Waals surface area contributed by atoms with Gasteiger partial charge in [0.2, 0.25) is 10.0 Å². The van der Waals surface area contributed by atoms with E-state index in [9.17, 15) is 8.42 Å². The Morgan fingerprint density at radius 2 is 2.30 bits per heavy atom. The smallest absolute Gasteiger partial charge is 0.242 e. The van der Waals surface area contributed by atoms with Gasteiger partial charge in [-0.3, -0.25) is 4.68 Å². The van der Waals surface area contributed by atoms with Crippen molar-refractivity contribution >= 4 is 37.3 Å². The van der Waals surface area contributed by atoms with Crippen LogP contribution in [0.2, 0.25) is 0 Å². The molecule has 0 aromatic carbocycles.